The Kier molecular flexibility index (Phi) is 7.31. The molecule has 1 N–H and O–H groups in total. The van der Waals surface area contributed by atoms with Crippen molar-refractivity contribution in [2.24, 2.45) is 0 Å². The quantitative estimate of drug-likeness (QED) is 0.751. The number of benzene rings is 2. The number of aryl methyl sites for hydroxylation is 1. The molecule has 1 aliphatic rings. The van der Waals surface area contributed by atoms with Gasteiger partial charge in [-0.1, -0.05) is 35.3 Å². The minimum Gasteiger partial charge on any atom is -0.378 e. The van der Waals surface area contributed by atoms with Crippen LogP contribution in [0.15, 0.2) is 42.5 Å². The Bertz CT molecular complexity index is 851. The van der Waals surface area contributed by atoms with Crippen molar-refractivity contribution in [2.45, 2.75) is 19.3 Å². The summed E-state index contributed by atoms with van der Waals surface area (Å²) >= 11 is 11.9. The zero-order valence-corrected chi connectivity index (χ0v) is 16.9. The van der Waals surface area contributed by atoms with Gasteiger partial charge in [0.1, 0.15) is 0 Å². The van der Waals surface area contributed by atoms with Gasteiger partial charge in [-0.15, -0.1) is 0 Å². The van der Waals surface area contributed by atoms with E-state index in [1.165, 1.54) is 0 Å². The van der Waals surface area contributed by atoms with Gasteiger partial charge in [0.15, 0.2) is 0 Å². The molecular formula is C21H22Cl2N2O3. The lowest BCUT2D eigenvalue weighted by molar-refractivity contribution is -0.116. The number of halogens is 2. The standard InChI is InChI=1S/C21H22Cl2N2O3/c22-18-8-7-15(13-19(18)23)3-1-6-20(26)24-17-5-2-4-16(14-17)21(27)25-9-11-28-12-10-25/h2,4-5,7-8,13-14H,1,3,6,9-12H2,(H,24,26). The van der Waals surface area contributed by atoms with Crippen molar-refractivity contribution in [2.75, 3.05) is 31.6 Å². The van der Waals surface area contributed by atoms with Crippen LogP contribution in [-0.4, -0.2) is 43.0 Å². The van der Waals surface area contributed by atoms with Crippen molar-refractivity contribution in [3.8, 4) is 0 Å². The summed E-state index contributed by atoms with van der Waals surface area (Å²) in [5.74, 6) is -0.130. The number of carbonyl (C=O) groups excluding carboxylic acids is 2. The molecule has 3 rings (SSSR count). The van der Waals surface area contributed by atoms with Gasteiger partial charge in [-0.3, -0.25) is 9.59 Å². The Labute approximate surface area is 174 Å². The van der Waals surface area contributed by atoms with Crippen LogP contribution < -0.4 is 5.32 Å². The number of nitrogens with zero attached hydrogens (tertiary/aromatic N) is 1. The second-order valence-electron chi connectivity index (χ2n) is 6.64. The molecule has 2 aromatic rings. The van der Waals surface area contributed by atoms with Crippen molar-refractivity contribution in [1.29, 1.82) is 0 Å². The third-order valence-corrected chi connectivity index (χ3v) is 5.28. The van der Waals surface area contributed by atoms with Gasteiger partial charge in [0.25, 0.3) is 5.91 Å². The second kappa shape index (κ2) is 9.92. The molecule has 28 heavy (non-hydrogen) atoms. The molecule has 0 unspecified atom stereocenters. The molecule has 148 valence electrons. The zero-order valence-electron chi connectivity index (χ0n) is 15.4. The molecule has 0 saturated carbocycles. The number of ether oxygens (including phenoxy) is 1. The summed E-state index contributed by atoms with van der Waals surface area (Å²) in [7, 11) is 0. The van der Waals surface area contributed by atoms with Gasteiger partial charge in [-0.05, 0) is 48.7 Å². The number of hydrogen-bond donors (Lipinski definition) is 1. The third-order valence-electron chi connectivity index (χ3n) is 4.54. The second-order valence-corrected chi connectivity index (χ2v) is 7.45. The average molecular weight is 421 g/mol. The van der Waals surface area contributed by atoms with Crippen LogP contribution >= 0.6 is 23.2 Å². The summed E-state index contributed by atoms with van der Waals surface area (Å²) in [6.45, 7) is 2.29. The van der Waals surface area contributed by atoms with Crippen LogP contribution in [-0.2, 0) is 16.0 Å². The summed E-state index contributed by atoms with van der Waals surface area (Å²) in [5, 5.41) is 3.91. The molecule has 2 amide bonds. The van der Waals surface area contributed by atoms with E-state index < -0.39 is 0 Å². The Hall–Kier alpha value is -2.08. The summed E-state index contributed by atoms with van der Waals surface area (Å²) in [6.07, 6.45) is 1.80. The SMILES string of the molecule is O=C(CCCc1ccc(Cl)c(Cl)c1)Nc1cccc(C(=O)N2CCOCC2)c1. The maximum atomic E-state index is 12.6. The van der Waals surface area contributed by atoms with Crippen LogP contribution in [0.5, 0.6) is 0 Å². The average Bonchev–Trinajstić information content (AvgIpc) is 2.71. The first-order valence-corrected chi connectivity index (χ1v) is 9.99. The number of carbonyl (C=O) groups is 2. The minimum absolute atomic E-state index is 0.0426. The Morgan fingerprint density at radius 2 is 1.82 bits per heavy atom. The summed E-state index contributed by atoms with van der Waals surface area (Å²) in [5.41, 5.74) is 2.23. The topological polar surface area (TPSA) is 58.6 Å². The molecular weight excluding hydrogens is 399 g/mol. The number of anilines is 1. The van der Waals surface area contributed by atoms with E-state index in [1.54, 1.807) is 35.2 Å². The molecule has 1 saturated heterocycles. The van der Waals surface area contributed by atoms with Crippen molar-refractivity contribution in [3.05, 3.63) is 63.6 Å². The zero-order chi connectivity index (χ0) is 19.9. The largest absolute Gasteiger partial charge is 0.378 e. The molecule has 0 radical (unpaired) electrons. The lowest BCUT2D eigenvalue weighted by atomic mass is 10.1. The summed E-state index contributed by atoms with van der Waals surface area (Å²) in [6, 6.07) is 12.5. The summed E-state index contributed by atoms with van der Waals surface area (Å²) in [4.78, 5) is 26.6. The van der Waals surface area contributed by atoms with E-state index in [1.807, 2.05) is 12.1 Å². The van der Waals surface area contributed by atoms with Crippen LogP contribution in [0.4, 0.5) is 5.69 Å². The van der Waals surface area contributed by atoms with Crippen molar-refractivity contribution in [1.82, 2.24) is 4.90 Å². The van der Waals surface area contributed by atoms with E-state index in [0.29, 0.717) is 60.4 Å². The number of amides is 2. The highest BCUT2D eigenvalue weighted by Crippen LogP contribution is 2.23. The van der Waals surface area contributed by atoms with Crippen molar-refractivity contribution in [3.63, 3.8) is 0 Å². The monoisotopic (exact) mass is 420 g/mol. The lowest BCUT2D eigenvalue weighted by Crippen LogP contribution is -2.40. The first kappa shape index (κ1) is 20.6. The number of hydrogen-bond acceptors (Lipinski definition) is 3. The lowest BCUT2D eigenvalue weighted by Gasteiger charge is -2.27. The fourth-order valence-electron chi connectivity index (χ4n) is 3.05. The van der Waals surface area contributed by atoms with E-state index in [2.05, 4.69) is 5.32 Å². The Morgan fingerprint density at radius 3 is 2.57 bits per heavy atom. The van der Waals surface area contributed by atoms with Gasteiger partial charge >= 0.3 is 0 Å². The molecule has 0 bridgehead atoms. The molecule has 1 aliphatic heterocycles. The fourth-order valence-corrected chi connectivity index (χ4v) is 3.37. The highest BCUT2D eigenvalue weighted by atomic mass is 35.5. The number of nitrogens with one attached hydrogen (secondary N) is 1. The van der Waals surface area contributed by atoms with Crippen LogP contribution in [0, 0.1) is 0 Å². The van der Waals surface area contributed by atoms with Gasteiger partial charge < -0.3 is 15.0 Å². The van der Waals surface area contributed by atoms with Gasteiger partial charge in [-0.25, -0.2) is 0 Å². The smallest absolute Gasteiger partial charge is 0.254 e. The van der Waals surface area contributed by atoms with Crippen LogP contribution in [0.3, 0.4) is 0 Å². The van der Waals surface area contributed by atoms with E-state index in [9.17, 15) is 9.59 Å². The third kappa shape index (κ3) is 5.71. The molecule has 7 heteroatoms. The fraction of sp³-hybridized carbons (Fsp3) is 0.333. The molecule has 1 heterocycles. The number of rotatable bonds is 6. The first-order valence-electron chi connectivity index (χ1n) is 9.24. The summed E-state index contributed by atoms with van der Waals surface area (Å²) < 4.78 is 5.28. The van der Waals surface area contributed by atoms with Crippen LogP contribution in [0.1, 0.15) is 28.8 Å². The van der Waals surface area contributed by atoms with Crippen molar-refractivity contribution < 1.29 is 14.3 Å². The maximum absolute atomic E-state index is 12.6. The van der Waals surface area contributed by atoms with Gasteiger partial charge in [-0.2, -0.15) is 0 Å². The highest BCUT2D eigenvalue weighted by Gasteiger charge is 2.18. The predicted octanol–water partition coefficient (Wildman–Crippen LogP) is 4.43. The predicted molar refractivity (Wildman–Crippen MR) is 111 cm³/mol. The Balaban J connectivity index is 1.51. The molecule has 0 atom stereocenters. The van der Waals surface area contributed by atoms with E-state index in [0.717, 1.165) is 12.0 Å². The van der Waals surface area contributed by atoms with E-state index in [4.69, 9.17) is 27.9 Å². The first-order chi connectivity index (χ1) is 13.5. The van der Waals surface area contributed by atoms with E-state index >= 15 is 0 Å². The highest BCUT2D eigenvalue weighted by molar-refractivity contribution is 6.42. The molecule has 0 aliphatic carbocycles. The Morgan fingerprint density at radius 1 is 1.04 bits per heavy atom. The molecule has 0 spiro atoms. The normalized spacial score (nSPS) is 14.0. The van der Waals surface area contributed by atoms with Crippen LogP contribution in [0.25, 0.3) is 0 Å². The van der Waals surface area contributed by atoms with Crippen LogP contribution in [0.2, 0.25) is 10.0 Å². The number of morpholine rings is 1. The molecule has 0 aromatic heterocycles. The van der Waals surface area contributed by atoms with Gasteiger partial charge in [0.2, 0.25) is 5.91 Å². The molecule has 2 aromatic carbocycles. The van der Waals surface area contributed by atoms with Crippen molar-refractivity contribution >= 4 is 40.7 Å². The molecule has 5 nitrogen and oxygen atoms in total. The molecule has 1 fully saturated rings. The maximum Gasteiger partial charge on any atom is 0.254 e. The minimum atomic E-state index is -0.0870. The van der Waals surface area contributed by atoms with Gasteiger partial charge in [0, 0.05) is 30.8 Å². The van der Waals surface area contributed by atoms with Gasteiger partial charge in [0.05, 0.1) is 23.3 Å². The van der Waals surface area contributed by atoms with E-state index in [-0.39, 0.29) is 11.8 Å².